The molecule has 0 saturated heterocycles. The first-order valence-corrected chi connectivity index (χ1v) is 5.70. The summed E-state index contributed by atoms with van der Waals surface area (Å²) in [6.07, 6.45) is 0. The maximum Gasteiger partial charge on any atom is 0.225 e. The molecule has 0 saturated carbocycles. The second-order valence-electron chi connectivity index (χ2n) is 5.20. The topological polar surface area (TPSA) is 40.5 Å². The maximum atomic E-state index is 12.0. The molecular formula is C12H25NO2. The number of carbonyl (C=O) groups is 1. The number of aliphatic hydroxyl groups is 1. The monoisotopic (exact) mass is 215 g/mol. The van der Waals surface area contributed by atoms with E-state index in [-0.39, 0.29) is 11.8 Å². The SMILES string of the molecule is CCN(CC(C)(C)O)C(=O)C(C)C(C)C. The highest BCUT2D eigenvalue weighted by atomic mass is 16.3. The van der Waals surface area contributed by atoms with Crippen LogP contribution in [0.3, 0.4) is 0 Å². The Hall–Kier alpha value is -0.570. The zero-order chi connectivity index (χ0) is 12.2. The number of carbonyl (C=O) groups excluding carboxylic acids is 1. The van der Waals surface area contributed by atoms with Crippen LogP contribution in [0.2, 0.25) is 0 Å². The number of likely N-dealkylation sites (N-methyl/N-ethyl adjacent to an activating group) is 1. The zero-order valence-corrected chi connectivity index (χ0v) is 10.9. The molecule has 3 heteroatoms. The highest BCUT2D eigenvalue weighted by Crippen LogP contribution is 2.15. The molecule has 0 aliphatic heterocycles. The van der Waals surface area contributed by atoms with Gasteiger partial charge in [0.05, 0.1) is 5.60 Å². The number of hydrogen-bond acceptors (Lipinski definition) is 2. The van der Waals surface area contributed by atoms with E-state index < -0.39 is 5.60 Å². The number of nitrogens with zero attached hydrogens (tertiary/aromatic N) is 1. The second-order valence-corrected chi connectivity index (χ2v) is 5.20. The predicted molar refractivity (Wildman–Crippen MR) is 62.6 cm³/mol. The van der Waals surface area contributed by atoms with Crippen molar-refractivity contribution in [1.29, 1.82) is 0 Å². The molecule has 3 nitrogen and oxygen atoms in total. The van der Waals surface area contributed by atoms with Crippen LogP contribution in [0.25, 0.3) is 0 Å². The van der Waals surface area contributed by atoms with Crippen LogP contribution in [-0.4, -0.2) is 34.6 Å². The van der Waals surface area contributed by atoms with E-state index in [2.05, 4.69) is 0 Å². The van der Waals surface area contributed by atoms with Gasteiger partial charge in [0.1, 0.15) is 0 Å². The summed E-state index contributed by atoms with van der Waals surface area (Å²) in [5.74, 6) is 0.496. The van der Waals surface area contributed by atoms with Gasteiger partial charge in [0.15, 0.2) is 0 Å². The average molecular weight is 215 g/mol. The van der Waals surface area contributed by atoms with Gasteiger partial charge in [-0.3, -0.25) is 4.79 Å². The van der Waals surface area contributed by atoms with E-state index in [1.165, 1.54) is 0 Å². The molecule has 0 rings (SSSR count). The Kier molecular flexibility index (Phi) is 5.29. The van der Waals surface area contributed by atoms with Gasteiger partial charge in [0, 0.05) is 19.0 Å². The summed E-state index contributed by atoms with van der Waals surface area (Å²) in [7, 11) is 0. The minimum absolute atomic E-state index is 0.0206. The average Bonchev–Trinajstić information content (AvgIpc) is 2.10. The normalized spacial score (nSPS) is 14.1. The smallest absolute Gasteiger partial charge is 0.225 e. The van der Waals surface area contributed by atoms with E-state index in [9.17, 15) is 9.90 Å². The molecular weight excluding hydrogens is 190 g/mol. The lowest BCUT2D eigenvalue weighted by atomic mass is 9.96. The van der Waals surface area contributed by atoms with Crippen molar-refractivity contribution in [1.82, 2.24) is 4.90 Å². The molecule has 0 aliphatic carbocycles. The van der Waals surface area contributed by atoms with E-state index in [1.807, 2.05) is 27.7 Å². The van der Waals surface area contributed by atoms with E-state index >= 15 is 0 Å². The van der Waals surface area contributed by atoms with Crippen LogP contribution in [-0.2, 0) is 4.79 Å². The van der Waals surface area contributed by atoms with Gasteiger partial charge in [-0.1, -0.05) is 20.8 Å². The van der Waals surface area contributed by atoms with Crippen LogP contribution in [0.5, 0.6) is 0 Å². The van der Waals surface area contributed by atoms with Gasteiger partial charge in [-0.25, -0.2) is 0 Å². The van der Waals surface area contributed by atoms with Crippen molar-refractivity contribution in [3.8, 4) is 0 Å². The van der Waals surface area contributed by atoms with Crippen molar-refractivity contribution in [3.63, 3.8) is 0 Å². The molecule has 1 amide bonds. The van der Waals surface area contributed by atoms with Gasteiger partial charge >= 0.3 is 0 Å². The highest BCUT2D eigenvalue weighted by Gasteiger charge is 2.26. The van der Waals surface area contributed by atoms with Crippen LogP contribution in [0, 0.1) is 11.8 Å². The van der Waals surface area contributed by atoms with Crippen molar-refractivity contribution in [2.24, 2.45) is 11.8 Å². The Morgan fingerprint density at radius 1 is 1.33 bits per heavy atom. The third-order valence-electron chi connectivity index (χ3n) is 2.66. The molecule has 0 fully saturated rings. The molecule has 0 bridgehead atoms. The summed E-state index contributed by atoms with van der Waals surface area (Å²) >= 11 is 0. The molecule has 0 aromatic carbocycles. The summed E-state index contributed by atoms with van der Waals surface area (Å²) in [5, 5.41) is 9.69. The van der Waals surface area contributed by atoms with Crippen LogP contribution >= 0.6 is 0 Å². The van der Waals surface area contributed by atoms with E-state index in [1.54, 1.807) is 18.7 Å². The first-order chi connectivity index (χ1) is 6.69. The standard InChI is InChI=1S/C12H25NO2/c1-7-13(8-12(5,6)15)11(14)10(4)9(2)3/h9-10,15H,7-8H2,1-6H3. The molecule has 0 spiro atoms. The molecule has 0 heterocycles. The molecule has 0 aromatic rings. The molecule has 1 atom stereocenters. The highest BCUT2D eigenvalue weighted by molar-refractivity contribution is 5.78. The van der Waals surface area contributed by atoms with Gasteiger partial charge in [0.2, 0.25) is 5.91 Å². The molecule has 0 aromatic heterocycles. The molecule has 0 radical (unpaired) electrons. The van der Waals surface area contributed by atoms with Gasteiger partial charge < -0.3 is 10.0 Å². The fourth-order valence-corrected chi connectivity index (χ4v) is 1.39. The third-order valence-corrected chi connectivity index (χ3v) is 2.66. The Bertz CT molecular complexity index is 206. The van der Waals surface area contributed by atoms with Crippen molar-refractivity contribution in [2.75, 3.05) is 13.1 Å². The quantitative estimate of drug-likeness (QED) is 0.761. The van der Waals surface area contributed by atoms with Crippen LogP contribution in [0.4, 0.5) is 0 Å². The fourth-order valence-electron chi connectivity index (χ4n) is 1.39. The summed E-state index contributed by atoms with van der Waals surface area (Å²) in [5.41, 5.74) is -0.817. The third kappa shape index (κ3) is 5.17. The van der Waals surface area contributed by atoms with E-state index in [4.69, 9.17) is 0 Å². The van der Waals surface area contributed by atoms with Gasteiger partial charge in [0.25, 0.3) is 0 Å². The molecule has 1 N–H and O–H groups in total. The summed E-state index contributed by atoms with van der Waals surface area (Å²) in [6.45, 7) is 12.5. The van der Waals surface area contributed by atoms with Crippen LogP contribution < -0.4 is 0 Å². The zero-order valence-electron chi connectivity index (χ0n) is 10.9. The van der Waals surface area contributed by atoms with Gasteiger partial charge in [-0.2, -0.15) is 0 Å². The summed E-state index contributed by atoms with van der Waals surface area (Å²) < 4.78 is 0. The minimum atomic E-state index is -0.817. The number of amides is 1. The minimum Gasteiger partial charge on any atom is -0.389 e. The van der Waals surface area contributed by atoms with Crippen molar-refractivity contribution < 1.29 is 9.90 Å². The van der Waals surface area contributed by atoms with Crippen molar-refractivity contribution in [3.05, 3.63) is 0 Å². The Morgan fingerprint density at radius 2 is 1.80 bits per heavy atom. The largest absolute Gasteiger partial charge is 0.389 e. The Morgan fingerprint density at radius 3 is 2.07 bits per heavy atom. The molecule has 0 aliphatic rings. The number of rotatable bonds is 5. The molecule has 15 heavy (non-hydrogen) atoms. The predicted octanol–water partition coefficient (Wildman–Crippen LogP) is 1.90. The number of hydrogen-bond donors (Lipinski definition) is 1. The first-order valence-electron chi connectivity index (χ1n) is 5.70. The fraction of sp³-hybridized carbons (Fsp3) is 0.917. The van der Waals surface area contributed by atoms with Gasteiger partial charge in [-0.15, -0.1) is 0 Å². The van der Waals surface area contributed by atoms with Crippen molar-refractivity contribution in [2.45, 2.75) is 47.1 Å². The lowest BCUT2D eigenvalue weighted by Crippen LogP contribution is -2.45. The lowest BCUT2D eigenvalue weighted by molar-refractivity contribution is -0.139. The summed E-state index contributed by atoms with van der Waals surface area (Å²) in [6, 6.07) is 0. The Balaban J connectivity index is 4.48. The lowest BCUT2D eigenvalue weighted by Gasteiger charge is -2.31. The first kappa shape index (κ1) is 14.4. The van der Waals surface area contributed by atoms with E-state index in [0.717, 1.165) is 0 Å². The molecule has 90 valence electrons. The second kappa shape index (κ2) is 5.50. The van der Waals surface area contributed by atoms with Crippen molar-refractivity contribution >= 4 is 5.91 Å². The van der Waals surface area contributed by atoms with Crippen LogP contribution in [0.15, 0.2) is 0 Å². The van der Waals surface area contributed by atoms with E-state index in [0.29, 0.717) is 19.0 Å². The van der Waals surface area contributed by atoms with Crippen LogP contribution in [0.1, 0.15) is 41.5 Å². The van der Waals surface area contributed by atoms with Gasteiger partial charge in [-0.05, 0) is 26.7 Å². The molecule has 1 unspecified atom stereocenters. The maximum absolute atomic E-state index is 12.0. The Labute approximate surface area is 93.5 Å². The summed E-state index contributed by atoms with van der Waals surface area (Å²) in [4.78, 5) is 13.7.